The van der Waals surface area contributed by atoms with Crippen LogP contribution in [-0.4, -0.2) is 35.2 Å². The summed E-state index contributed by atoms with van der Waals surface area (Å²) < 4.78 is 0. The number of hydrogen-bond acceptors (Lipinski definition) is 3. The van der Waals surface area contributed by atoms with E-state index >= 15 is 0 Å². The van der Waals surface area contributed by atoms with Crippen LogP contribution in [0.3, 0.4) is 0 Å². The smallest absolute Gasteiger partial charge is 0.229 e. The van der Waals surface area contributed by atoms with E-state index in [1.165, 1.54) is 24.2 Å². The lowest BCUT2D eigenvalue weighted by molar-refractivity contribution is -0.138. The first-order chi connectivity index (χ1) is 9.54. The molecule has 0 aliphatic carbocycles. The van der Waals surface area contributed by atoms with Crippen LogP contribution in [0.4, 0.5) is 0 Å². The highest BCUT2D eigenvalue weighted by Gasteiger charge is 2.28. The van der Waals surface area contributed by atoms with Gasteiger partial charge < -0.3 is 5.32 Å². The molecule has 5 heteroatoms. The van der Waals surface area contributed by atoms with Crippen molar-refractivity contribution < 1.29 is 14.4 Å². The molecule has 0 bridgehead atoms. The topological polar surface area (TPSA) is 66.5 Å². The molecule has 0 aromatic carbocycles. The number of likely N-dealkylation sites (tertiary alicyclic amines) is 1. The molecule has 1 saturated heterocycles. The molecular weight excluding hydrogens is 256 g/mol. The van der Waals surface area contributed by atoms with Crippen LogP contribution in [0.25, 0.3) is 0 Å². The largest absolute Gasteiger partial charge is 0.354 e. The van der Waals surface area contributed by atoms with E-state index in [9.17, 15) is 14.4 Å². The quantitative estimate of drug-likeness (QED) is 0.519. The Morgan fingerprint density at radius 1 is 1.20 bits per heavy atom. The standard InChI is InChI=1S/C15H26N2O3/c1-3-4-5-6-7-12(2)16-13(18)10-11-17-14(19)8-9-15(17)20/h12H,3-11H2,1-2H3,(H,16,18). The molecule has 1 heterocycles. The van der Waals surface area contributed by atoms with Crippen LogP contribution in [0, 0.1) is 0 Å². The van der Waals surface area contributed by atoms with Crippen molar-refractivity contribution in [1.82, 2.24) is 10.2 Å². The van der Waals surface area contributed by atoms with Crippen LogP contribution in [-0.2, 0) is 14.4 Å². The number of hydrogen-bond donors (Lipinski definition) is 1. The molecule has 1 fully saturated rings. The second-order valence-corrected chi connectivity index (χ2v) is 5.51. The normalized spacial score (nSPS) is 16.6. The van der Waals surface area contributed by atoms with Crippen molar-refractivity contribution in [3.8, 4) is 0 Å². The van der Waals surface area contributed by atoms with Crippen LogP contribution in [0.5, 0.6) is 0 Å². The minimum absolute atomic E-state index is 0.0829. The van der Waals surface area contributed by atoms with E-state index in [-0.39, 0.29) is 49.6 Å². The maximum absolute atomic E-state index is 11.8. The van der Waals surface area contributed by atoms with Gasteiger partial charge in [-0.15, -0.1) is 0 Å². The minimum atomic E-state index is -0.157. The van der Waals surface area contributed by atoms with Crippen LogP contribution < -0.4 is 5.32 Å². The van der Waals surface area contributed by atoms with Gasteiger partial charge in [0.1, 0.15) is 0 Å². The Morgan fingerprint density at radius 2 is 1.85 bits per heavy atom. The lowest BCUT2D eigenvalue weighted by Gasteiger charge is -2.16. The van der Waals surface area contributed by atoms with Gasteiger partial charge in [0.25, 0.3) is 0 Å². The van der Waals surface area contributed by atoms with Gasteiger partial charge >= 0.3 is 0 Å². The molecule has 0 aromatic rings. The van der Waals surface area contributed by atoms with Crippen molar-refractivity contribution in [1.29, 1.82) is 0 Å². The van der Waals surface area contributed by atoms with E-state index in [1.807, 2.05) is 6.92 Å². The zero-order chi connectivity index (χ0) is 15.0. The molecule has 0 saturated carbocycles. The average molecular weight is 282 g/mol. The van der Waals surface area contributed by atoms with Crippen molar-refractivity contribution in [3.63, 3.8) is 0 Å². The summed E-state index contributed by atoms with van der Waals surface area (Å²) >= 11 is 0. The number of unbranched alkanes of at least 4 members (excludes halogenated alkanes) is 3. The number of nitrogens with one attached hydrogen (secondary N) is 1. The van der Waals surface area contributed by atoms with Crippen molar-refractivity contribution >= 4 is 17.7 Å². The molecule has 1 unspecified atom stereocenters. The van der Waals surface area contributed by atoms with Gasteiger partial charge in [-0.1, -0.05) is 32.6 Å². The minimum Gasteiger partial charge on any atom is -0.354 e. The van der Waals surface area contributed by atoms with Gasteiger partial charge in [-0.3, -0.25) is 19.3 Å². The van der Waals surface area contributed by atoms with Crippen LogP contribution in [0.2, 0.25) is 0 Å². The summed E-state index contributed by atoms with van der Waals surface area (Å²) in [6, 6.07) is 0.157. The van der Waals surface area contributed by atoms with E-state index in [1.54, 1.807) is 0 Å². The highest BCUT2D eigenvalue weighted by Crippen LogP contribution is 2.12. The molecule has 0 radical (unpaired) electrons. The Kier molecular flexibility index (Phi) is 7.26. The summed E-state index contributed by atoms with van der Waals surface area (Å²) in [6.45, 7) is 4.38. The maximum atomic E-state index is 11.8. The molecule has 114 valence electrons. The summed E-state index contributed by atoms with van der Waals surface area (Å²) in [6.07, 6.45) is 6.52. The second kappa shape index (κ2) is 8.72. The molecule has 20 heavy (non-hydrogen) atoms. The first kappa shape index (κ1) is 16.7. The molecule has 1 N–H and O–H groups in total. The fourth-order valence-corrected chi connectivity index (χ4v) is 2.38. The van der Waals surface area contributed by atoms with Crippen molar-refractivity contribution in [3.05, 3.63) is 0 Å². The first-order valence-electron chi connectivity index (χ1n) is 7.67. The summed E-state index contributed by atoms with van der Waals surface area (Å²) in [7, 11) is 0. The van der Waals surface area contributed by atoms with Crippen LogP contribution >= 0.6 is 0 Å². The predicted octanol–water partition coefficient (Wildman–Crippen LogP) is 2.00. The molecule has 0 aromatic heterocycles. The van der Waals surface area contributed by atoms with Gasteiger partial charge in [0.15, 0.2) is 0 Å². The van der Waals surface area contributed by atoms with E-state index in [4.69, 9.17) is 0 Å². The van der Waals surface area contributed by atoms with Gasteiger partial charge in [0, 0.05) is 31.8 Å². The molecule has 3 amide bonds. The second-order valence-electron chi connectivity index (χ2n) is 5.51. The zero-order valence-corrected chi connectivity index (χ0v) is 12.6. The van der Waals surface area contributed by atoms with Crippen molar-refractivity contribution in [2.45, 2.75) is 71.3 Å². The van der Waals surface area contributed by atoms with Crippen LogP contribution in [0.1, 0.15) is 65.2 Å². The fourth-order valence-electron chi connectivity index (χ4n) is 2.38. The van der Waals surface area contributed by atoms with Gasteiger partial charge in [-0.05, 0) is 13.3 Å². The Hall–Kier alpha value is -1.39. The Balaban J connectivity index is 2.16. The molecule has 1 aliphatic rings. The Morgan fingerprint density at radius 3 is 2.45 bits per heavy atom. The number of nitrogens with zero attached hydrogens (tertiary/aromatic N) is 1. The maximum Gasteiger partial charge on any atom is 0.229 e. The van der Waals surface area contributed by atoms with Crippen molar-refractivity contribution in [2.24, 2.45) is 0 Å². The lowest BCUT2D eigenvalue weighted by Crippen LogP contribution is -2.37. The third-order valence-corrected chi connectivity index (χ3v) is 3.62. The molecule has 1 atom stereocenters. The summed E-state index contributed by atoms with van der Waals surface area (Å²) in [4.78, 5) is 35.7. The van der Waals surface area contributed by atoms with E-state index < -0.39 is 0 Å². The monoisotopic (exact) mass is 282 g/mol. The third kappa shape index (κ3) is 5.72. The highest BCUT2D eigenvalue weighted by molar-refractivity contribution is 6.02. The van der Waals surface area contributed by atoms with E-state index in [0.717, 1.165) is 12.8 Å². The van der Waals surface area contributed by atoms with Gasteiger partial charge in [0.2, 0.25) is 17.7 Å². The molecule has 5 nitrogen and oxygen atoms in total. The number of carbonyl (C=O) groups excluding carboxylic acids is 3. The fraction of sp³-hybridized carbons (Fsp3) is 0.800. The van der Waals surface area contributed by atoms with Crippen LogP contribution in [0.15, 0.2) is 0 Å². The number of carbonyl (C=O) groups is 3. The molecule has 1 rings (SSSR count). The van der Waals surface area contributed by atoms with Gasteiger partial charge in [0.05, 0.1) is 0 Å². The Bertz CT molecular complexity index is 339. The SMILES string of the molecule is CCCCCCC(C)NC(=O)CCN1C(=O)CCC1=O. The molecule has 0 spiro atoms. The predicted molar refractivity (Wildman–Crippen MR) is 76.9 cm³/mol. The molecular formula is C15H26N2O3. The number of rotatable bonds is 9. The number of amides is 3. The zero-order valence-electron chi connectivity index (χ0n) is 12.6. The highest BCUT2D eigenvalue weighted by atomic mass is 16.2. The number of imide groups is 1. The molecule has 1 aliphatic heterocycles. The van der Waals surface area contributed by atoms with E-state index in [2.05, 4.69) is 12.2 Å². The lowest BCUT2D eigenvalue weighted by atomic mass is 10.1. The first-order valence-corrected chi connectivity index (χ1v) is 7.67. The van der Waals surface area contributed by atoms with Crippen molar-refractivity contribution in [2.75, 3.05) is 6.54 Å². The van der Waals surface area contributed by atoms with Gasteiger partial charge in [-0.25, -0.2) is 0 Å². The summed E-state index contributed by atoms with van der Waals surface area (Å²) in [5.41, 5.74) is 0. The third-order valence-electron chi connectivity index (χ3n) is 3.62. The summed E-state index contributed by atoms with van der Waals surface area (Å²) in [5.74, 6) is -0.397. The Labute approximate surface area is 121 Å². The van der Waals surface area contributed by atoms with Gasteiger partial charge in [-0.2, -0.15) is 0 Å². The van der Waals surface area contributed by atoms with E-state index in [0.29, 0.717) is 0 Å². The average Bonchev–Trinajstić information content (AvgIpc) is 2.72. The summed E-state index contributed by atoms with van der Waals surface area (Å²) in [5, 5.41) is 2.92.